The molecule has 0 N–H and O–H groups in total. The van der Waals surface area contributed by atoms with E-state index in [1.165, 1.54) is 16.2 Å². The minimum Gasteiger partial charge on any atom is -0.495 e. The summed E-state index contributed by atoms with van der Waals surface area (Å²) in [5.74, 6) is 1.32. The molecule has 3 aromatic rings. The van der Waals surface area contributed by atoms with Gasteiger partial charge in [-0.1, -0.05) is 23.5 Å². The summed E-state index contributed by atoms with van der Waals surface area (Å²) >= 11 is 3.12. The van der Waals surface area contributed by atoms with Gasteiger partial charge >= 0.3 is 0 Å². The lowest BCUT2D eigenvalue weighted by atomic mass is 10.1. The molecule has 27 heavy (non-hydrogen) atoms. The molecule has 5 nitrogen and oxygen atoms in total. The van der Waals surface area contributed by atoms with Crippen LogP contribution in [0.25, 0.3) is 10.2 Å². The summed E-state index contributed by atoms with van der Waals surface area (Å²) in [7, 11) is 3.27. The van der Waals surface area contributed by atoms with Crippen molar-refractivity contribution in [1.29, 1.82) is 0 Å². The summed E-state index contributed by atoms with van der Waals surface area (Å²) in [5.41, 5.74) is 1.86. The first-order valence-electron chi connectivity index (χ1n) is 8.56. The van der Waals surface area contributed by atoms with Gasteiger partial charge in [0.25, 0.3) is 5.91 Å². The number of amides is 1. The number of hydrogen-bond donors (Lipinski definition) is 0. The molecule has 0 aliphatic heterocycles. The summed E-state index contributed by atoms with van der Waals surface area (Å²) in [4.78, 5) is 18.8. The molecule has 0 radical (unpaired) electrons. The lowest BCUT2D eigenvalue weighted by Gasteiger charge is -2.08. The average molecular weight is 403 g/mol. The highest BCUT2D eigenvalue weighted by Crippen LogP contribution is 2.35. The van der Waals surface area contributed by atoms with E-state index < -0.39 is 0 Å². The maximum Gasteiger partial charge on any atom is 0.252 e. The Morgan fingerprint density at radius 2 is 1.78 bits per heavy atom. The van der Waals surface area contributed by atoms with Gasteiger partial charge in [-0.25, -0.2) is 0 Å². The summed E-state index contributed by atoms with van der Waals surface area (Å²) in [6.07, 6.45) is 2.31. The molecule has 0 fully saturated rings. The first-order chi connectivity index (χ1) is 13.1. The molecule has 0 saturated carbocycles. The van der Waals surface area contributed by atoms with Crippen molar-refractivity contribution >= 4 is 39.2 Å². The van der Waals surface area contributed by atoms with Gasteiger partial charge in [-0.05, 0) is 43.0 Å². The normalized spacial score (nSPS) is 11.8. The van der Waals surface area contributed by atoms with Crippen LogP contribution in [-0.4, -0.2) is 30.9 Å². The molecular weight excluding hydrogens is 380 g/mol. The van der Waals surface area contributed by atoms with Crippen molar-refractivity contribution < 1.29 is 14.3 Å². The maximum absolute atomic E-state index is 12.5. The third-order valence-corrected chi connectivity index (χ3v) is 6.08. The third kappa shape index (κ3) is 4.04. The minimum absolute atomic E-state index is 0.168. The molecule has 0 atom stereocenters. The number of benzene rings is 2. The molecule has 142 valence electrons. The number of carbonyl (C=O) groups excluding carboxylic acids is 1. The molecule has 0 saturated heterocycles. The summed E-state index contributed by atoms with van der Waals surface area (Å²) in [5, 5.41) is 0. The molecule has 1 amide bonds. The van der Waals surface area contributed by atoms with E-state index in [0.717, 1.165) is 27.3 Å². The van der Waals surface area contributed by atoms with Gasteiger partial charge in [-0.3, -0.25) is 4.79 Å². The number of carbonyl (C=O) groups is 1. The molecule has 2 aromatic carbocycles. The highest BCUT2D eigenvalue weighted by molar-refractivity contribution is 7.98. The van der Waals surface area contributed by atoms with Gasteiger partial charge in [0.1, 0.15) is 21.7 Å². The second-order valence-corrected chi connectivity index (χ2v) is 7.66. The molecule has 3 rings (SSSR count). The zero-order valence-electron chi connectivity index (χ0n) is 15.8. The van der Waals surface area contributed by atoms with Crippen LogP contribution in [0.15, 0.2) is 46.3 Å². The number of thioether (sulfide) groups is 1. The average Bonchev–Trinajstić information content (AvgIpc) is 3.05. The first kappa shape index (κ1) is 19.5. The number of aromatic nitrogens is 1. The summed E-state index contributed by atoms with van der Waals surface area (Å²) in [6.45, 7) is 2.70. The van der Waals surface area contributed by atoms with Gasteiger partial charge in [0, 0.05) is 11.4 Å². The van der Waals surface area contributed by atoms with Crippen molar-refractivity contribution in [2.45, 2.75) is 24.8 Å². The highest BCUT2D eigenvalue weighted by Gasteiger charge is 2.15. The number of hydrogen-bond acceptors (Lipinski definition) is 5. The summed E-state index contributed by atoms with van der Waals surface area (Å²) in [6, 6.07) is 11.7. The Kier molecular flexibility index (Phi) is 6.23. The number of fused-ring (bicyclic) bond motifs is 1. The number of thiazole rings is 1. The van der Waals surface area contributed by atoms with Crippen LogP contribution in [0.4, 0.5) is 0 Å². The van der Waals surface area contributed by atoms with Crippen LogP contribution < -0.4 is 14.3 Å². The van der Waals surface area contributed by atoms with E-state index in [4.69, 9.17) is 9.47 Å². The summed E-state index contributed by atoms with van der Waals surface area (Å²) < 4.78 is 13.9. The quantitative estimate of drug-likeness (QED) is 0.582. The molecule has 0 aliphatic rings. The van der Waals surface area contributed by atoms with E-state index in [2.05, 4.69) is 4.99 Å². The van der Waals surface area contributed by atoms with Crippen molar-refractivity contribution in [3.8, 4) is 11.5 Å². The molecule has 0 bridgehead atoms. The topological polar surface area (TPSA) is 52.8 Å². The molecule has 1 aromatic heterocycles. The lowest BCUT2D eigenvalue weighted by molar-refractivity contribution is -0.117. The predicted molar refractivity (Wildman–Crippen MR) is 111 cm³/mol. The first-order valence-corrected chi connectivity index (χ1v) is 10.6. The van der Waals surface area contributed by atoms with Crippen LogP contribution in [-0.2, 0) is 17.8 Å². The Morgan fingerprint density at radius 3 is 2.37 bits per heavy atom. The Morgan fingerprint density at radius 1 is 1.11 bits per heavy atom. The molecule has 0 aliphatic carbocycles. The number of methoxy groups -OCH3 is 2. The standard InChI is InChI=1S/C20H22N2O3S2/c1-5-22-18-15(24-2)10-11-16(25-3)19(18)27-20(22)21-17(23)12-13-6-8-14(26-4)9-7-13/h6-11H,5,12H2,1-4H3. The Balaban J connectivity index is 2.02. The highest BCUT2D eigenvalue weighted by atomic mass is 32.2. The monoisotopic (exact) mass is 402 g/mol. The van der Waals surface area contributed by atoms with Gasteiger partial charge in [0.15, 0.2) is 4.80 Å². The van der Waals surface area contributed by atoms with Crippen LogP contribution in [0.2, 0.25) is 0 Å². The molecule has 7 heteroatoms. The van der Waals surface area contributed by atoms with Gasteiger partial charge in [0.2, 0.25) is 0 Å². The van der Waals surface area contributed by atoms with E-state index in [1.54, 1.807) is 26.0 Å². The van der Waals surface area contributed by atoms with E-state index >= 15 is 0 Å². The van der Waals surface area contributed by atoms with Crippen molar-refractivity contribution in [3.05, 3.63) is 46.8 Å². The fourth-order valence-corrected chi connectivity index (χ4v) is 4.53. The number of rotatable bonds is 6. The zero-order chi connectivity index (χ0) is 19.4. The van der Waals surface area contributed by atoms with Crippen LogP contribution in [0.3, 0.4) is 0 Å². The molecular formula is C20H22N2O3S2. The van der Waals surface area contributed by atoms with Gasteiger partial charge in [0.05, 0.1) is 20.6 Å². The van der Waals surface area contributed by atoms with Crippen molar-refractivity contribution in [2.24, 2.45) is 4.99 Å². The largest absolute Gasteiger partial charge is 0.495 e. The van der Waals surface area contributed by atoms with E-state index in [1.807, 2.05) is 54.1 Å². The second-order valence-electron chi connectivity index (χ2n) is 5.81. The Bertz CT molecular complexity index is 1020. The van der Waals surface area contributed by atoms with E-state index in [9.17, 15) is 4.79 Å². The lowest BCUT2D eigenvalue weighted by Crippen LogP contribution is -2.16. The Hall–Kier alpha value is -2.25. The van der Waals surface area contributed by atoms with Gasteiger partial charge < -0.3 is 14.0 Å². The SMILES string of the molecule is CCn1c(=NC(=O)Cc2ccc(SC)cc2)sc2c(OC)ccc(OC)c21. The van der Waals surface area contributed by atoms with Crippen LogP contribution in [0, 0.1) is 0 Å². The van der Waals surface area contributed by atoms with Crippen LogP contribution in [0.1, 0.15) is 12.5 Å². The van der Waals surface area contributed by atoms with E-state index in [-0.39, 0.29) is 12.3 Å². The predicted octanol–water partition coefficient (Wildman–Crippen LogP) is 4.13. The smallest absolute Gasteiger partial charge is 0.252 e. The number of ether oxygens (including phenoxy) is 2. The molecule has 1 heterocycles. The fourth-order valence-electron chi connectivity index (χ4n) is 2.90. The van der Waals surface area contributed by atoms with Crippen LogP contribution >= 0.6 is 23.1 Å². The minimum atomic E-state index is -0.168. The second kappa shape index (κ2) is 8.63. The molecule has 0 spiro atoms. The zero-order valence-corrected chi connectivity index (χ0v) is 17.4. The fraction of sp³-hybridized carbons (Fsp3) is 0.300. The van der Waals surface area contributed by atoms with Gasteiger partial charge in [-0.15, -0.1) is 11.8 Å². The number of aryl methyl sites for hydroxylation is 1. The number of nitrogens with zero attached hydrogens (tertiary/aromatic N) is 2. The third-order valence-electron chi connectivity index (χ3n) is 4.24. The van der Waals surface area contributed by atoms with Gasteiger partial charge in [-0.2, -0.15) is 4.99 Å². The molecule has 0 unspecified atom stereocenters. The Labute approximate surface area is 166 Å². The maximum atomic E-state index is 12.5. The van der Waals surface area contributed by atoms with Crippen LogP contribution in [0.5, 0.6) is 11.5 Å². The van der Waals surface area contributed by atoms with Crippen molar-refractivity contribution in [1.82, 2.24) is 4.57 Å². The van der Waals surface area contributed by atoms with Crippen molar-refractivity contribution in [3.63, 3.8) is 0 Å². The van der Waals surface area contributed by atoms with E-state index in [0.29, 0.717) is 11.3 Å². The van der Waals surface area contributed by atoms with Crippen molar-refractivity contribution in [2.75, 3.05) is 20.5 Å².